The van der Waals surface area contributed by atoms with Crippen molar-refractivity contribution in [3.63, 3.8) is 0 Å². The standard InChI is InChI=1S/C30H37BN4O4S/c1-32-20-27(31)29-18-24(8-7-23-5-3-15-33-19-23)17-28(34-29)25-6-4-16-35(21-25)40(37,38)26-12-9-22(10-13-26)11-14-30(36)39-2/h3,5,9-10,12-13,15,17,19-20,25H,4,6-8,11,14,16,18,21,31H2,1-2H3/b29-27-,32-20-. The fourth-order valence-corrected chi connectivity index (χ4v) is 6.67. The number of aliphatic imine (C=N–C) groups is 2. The molecule has 4 rings (SSSR count). The SMILES string of the molecule is BC(/C=N\C)=C1/CC(CCc2cccnc2)=CC(C2CCCN(S(=O)(=O)c3ccc(CCC(=O)OC)cc3)C2)=N1. The Labute approximate surface area is 238 Å². The van der Waals surface area contributed by atoms with Crippen LogP contribution in [-0.4, -0.2) is 70.7 Å². The van der Waals surface area contributed by atoms with Gasteiger partial charge in [0.1, 0.15) is 7.85 Å². The van der Waals surface area contributed by atoms with E-state index in [9.17, 15) is 13.2 Å². The third-order valence-corrected chi connectivity index (χ3v) is 9.33. The van der Waals surface area contributed by atoms with Crippen LogP contribution in [0.25, 0.3) is 0 Å². The number of hydrogen-bond donors (Lipinski definition) is 0. The number of piperidine rings is 1. The molecule has 2 aliphatic rings. The maximum Gasteiger partial charge on any atom is 0.305 e. The van der Waals surface area contributed by atoms with Gasteiger partial charge in [-0.25, -0.2) is 8.42 Å². The molecule has 1 saturated heterocycles. The Bertz CT molecular complexity index is 1420. The van der Waals surface area contributed by atoms with Crippen molar-refractivity contribution in [1.82, 2.24) is 9.29 Å². The summed E-state index contributed by atoms with van der Waals surface area (Å²) in [5.74, 6) is -0.274. The van der Waals surface area contributed by atoms with Crippen LogP contribution in [0.15, 0.2) is 86.5 Å². The topological polar surface area (TPSA) is 101 Å². The highest BCUT2D eigenvalue weighted by Crippen LogP contribution is 2.31. The number of dihydropyridines is 1. The van der Waals surface area contributed by atoms with Crippen LogP contribution in [0.5, 0.6) is 0 Å². The third-order valence-electron chi connectivity index (χ3n) is 7.46. The zero-order chi connectivity index (χ0) is 28.5. The van der Waals surface area contributed by atoms with Crippen molar-refractivity contribution in [3.8, 4) is 0 Å². The molecule has 0 N–H and O–H groups in total. The lowest BCUT2D eigenvalue weighted by Gasteiger charge is -2.33. The highest BCUT2D eigenvalue weighted by Gasteiger charge is 2.33. The van der Waals surface area contributed by atoms with Crippen LogP contribution in [-0.2, 0) is 32.4 Å². The molecule has 1 unspecified atom stereocenters. The van der Waals surface area contributed by atoms with Gasteiger partial charge in [-0.15, -0.1) is 0 Å². The number of aromatic nitrogens is 1. The van der Waals surface area contributed by atoms with Crippen molar-refractivity contribution >= 4 is 35.8 Å². The van der Waals surface area contributed by atoms with Gasteiger partial charge in [0, 0.05) is 68.9 Å². The number of hydrogen-bond acceptors (Lipinski definition) is 7. The number of aryl methyl sites for hydroxylation is 2. The molecule has 0 bridgehead atoms. The van der Waals surface area contributed by atoms with Gasteiger partial charge in [0.05, 0.1) is 12.0 Å². The lowest BCUT2D eigenvalue weighted by atomic mass is 9.85. The molecule has 2 aromatic rings. The van der Waals surface area contributed by atoms with Crippen LogP contribution in [0, 0.1) is 5.92 Å². The molecule has 0 spiro atoms. The number of esters is 1. The van der Waals surface area contributed by atoms with Gasteiger partial charge in [0.25, 0.3) is 0 Å². The third kappa shape index (κ3) is 7.64. The van der Waals surface area contributed by atoms with Crippen LogP contribution in [0.1, 0.15) is 43.2 Å². The summed E-state index contributed by atoms with van der Waals surface area (Å²) in [6.45, 7) is 0.879. The van der Waals surface area contributed by atoms with Gasteiger partial charge in [0.2, 0.25) is 10.0 Å². The molecule has 1 atom stereocenters. The Kier molecular flexibility index (Phi) is 10.2. The van der Waals surface area contributed by atoms with E-state index in [1.807, 2.05) is 26.3 Å². The van der Waals surface area contributed by atoms with Crippen LogP contribution in [0.3, 0.4) is 0 Å². The maximum atomic E-state index is 13.6. The number of carbonyl (C=O) groups is 1. The van der Waals surface area contributed by atoms with E-state index in [2.05, 4.69) is 22.1 Å². The predicted octanol–water partition coefficient (Wildman–Crippen LogP) is 3.54. The molecule has 210 valence electrons. The Morgan fingerprint density at radius 3 is 2.67 bits per heavy atom. The first-order chi connectivity index (χ1) is 19.3. The van der Waals surface area contributed by atoms with Crippen molar-refractivity contribution in [1.29, 1.82) is 0 Å². The van der Waals surface area contributed by atoms with E-state index < -0.39 is 10.0 Å². The minimum atomic E-state index is -3.66. The number of carbonyl (C=O) groups excluding carboxylic acids is 1. The second-order valence-corrected chi connectivity index (χ2v) is 12.3. The van der Waals surface area contributed by atoms with Crippen LogP contribution < -0.4 is 0 Å². The minimum absolute atomic E-state index is 0.0120. The van der Waals surface area contributed by atoms with E-state index in [0.29, 0.717) is 19.5 Å². The monoisotopic (exact) mass is 560 g/mol. The summed E-state index contributed by atoms with van der Waals surface area (Å²) in [6, 6.07) is 10.9. The van der Waals surface area contributed by atoms with Crippen molar-refractivity contribution in [2.45, 2.75) is 49.8 Å². The molecule has 0 aliphatic carbocycles. The highest BCUT2D eigenvalue weighted by atomic mass is 32.2. The summed E-state index contributed by atoms with van der Waals surface area (Å²) >= 11 is 0. The van der Waals surface area contributed by atoms with Gasteiger partial charge in [-0.3, -0.25) is 19.8 Å². The van der Waals surface area contributed by atoms with E-state index in [0.717, 1.165) is 54.5 Å². The average Bonchev–Trinajstić information content (AvgIpc) is 2.99. The van der Waals surface area contributed by atoms with E-state index >= 15 is 0 Å². The summed E-state index contributed by atoms with van der Waals surface area (Å²) in [5.41, 5.74) is 6.34. The van der Waals surface area contributed by atoms with E-state index in [4.69, 9.17) is 9.73 Å². The average molecular weight is 561 g/mol. The zero-order valence-corrected chi connectivity index (χ0v) is 24.4. The fourth-order valence-electron chi connectivity index (χ4n) is 5.15. The van der Waals surface area contributed by atoms with Gasteiger partial charge in [-0.05, 0) is 67.5 Å². The second-order valence-electron chi connectivity index (χ2n) is 10.3. The smallest absolute Gasteiger partial charge is 0.305 e. The number of allylic oxidation sites excluding steroid dienone is 3. The molecule has 3 heterocycles. The molecule has 1 aromatic heterocycles. The quantitative estimate of drug-likeness (QED) is 0.251. The molecule has 0 radical (unpaired) electrons. The Balaban J connectivity index is 1.52. The number of ether oxygens (including phenoxy) is 1. The lowest BCUT2D eigenvalue weighted by molar-refractivity contribution is -0.140. The number of nitrogens with zero attached hydrogens (tertiary/aromatic N) is 4. The van der Waals surface area contributed by atoms with Crippen molar-refractivity contribution in [3.05, 3.63) is 82.7 Å². The maximum absolute atomic E-state index is 13.6. The van der Waals surface area contributed by atoms with E-state index in [-0.39, 0.29) is 23.2 Å². The molecule has 8 nitrogen and oxygen atoms in total. The number of sulfonamides is 1. The van der Waals surface area contributed by atoms with Crippen LogP contribution in [0.2, 0.25) is 0 Å². The minimum Gasteiger partial charge on any atom is -0.469 e. The zero-order valence-electron chi connectivity index (χ0n) is 23.5. The van der Waals surface area contributed by atoms with Gasteiger partial charge < -0.3 is 4.74 Å². The summed E-state index contributed by atoms with van der Waals surface area (Å²) in [5, 5.41) is 0. The lowest BCUT2D eigenvalue weighted by Crippen LogP contribution is -2.42. The van der Waals surface area contributed by atoms with E-state index in [1.165, 1.54) is 18.2 Å². The van der Waals surface area contributed by atoms with E-state index in [1.54, 1.807) is 41.8 Å². The molecule has 2 aliphatic heterocycles. The van der Waals surface area contributed by atoms with Crippen LogP contribution >= 0.6 is 0 Å². The molecule has 1 fully saturated rings. The molecule has 40 heavy (non-hydrogen) atoms. The van der Waals surface area contributed by atoms with Gasteiger partial charge >= 0.3 is 5.97 Å². The normalized spacial score (nSPS) is 19.7. The molecule has 0 amide bonds. The number of rotatable bonds is 10. The Morgan fingerprint density at radius 1 is 1.18 bits per heavy atom. The molecular weight excluding hydrogens is 523 g/mol. The molecule has 0 saturated carbocycles. The Morgan fingerprint density at radius 2 is 1.98 bits per heavy atom. The number of benzene rings is 1. The molecular formula is C30H37BN4O4S. The van der Waals surface area contributed by atoms with Crippen molar-refractivity contribution in [2.75, 3.05) is 27.2 Å². The van der Waals surface area contributed by atoms with Crippen LogP contribution in [0.4, 0.5) is 0 Å². The summed E-state index contributed by atoms with van der Waals surface area (Å²) in [7, 11) is 1.49. The fraction of sp³-hybridized carbons (Fsp3) is 0.400. The highest BCUT2D eigenvalue weighted by molar-refractivity contribution is 7.89. The summed E-state index contributed by atoms with van der Waals surface area (Å²) in [4.78, 5) is 25.2. The first kappa shape index (κ1) is 29.6. The molecule has 10 heteroatoms. The van der Waals surface area contributed by atoms with Crippen molar-refractivity contribution < 1.29 is 17.9 Å². The Hall–Kier alpha value is -3.37. The van der Waals surface area contributed by atoms with Gasteiger partial charge in [-0.1, -0.05) is 29.2 Å². The largest absolute Gasteiger partial charge is 0.469 e. The first-order valence-corrected chi connectivity index (χ1v) is 15.2. The first-order valence-electron chi connectivity index (χ1n) is 13.7. The second kappa shape index (κ2) is 13.8. The summed E-state index contributed by atoms with van der Waals surface area (Å²) < 4.78 is 33.5. The summed E-state index contributed by atoms with van der Waals surface area (Å²) in [6.07, 6.45) is 12.7. The molecule has 1 aromatic carbocycles. The van der Waals surface area contributed by atoms with Gasteiger partial charge in [-0.2, -0.15) is 4.31 Å². The predicted molar refractivity (Wildman–Crippen MR) is 161 cm³/mol. The van der Waals surface area contributed by atoms with Gasteiger partial charge in [0.15, 0.2) is 0 Å². The van der Waals surface area contributed by atoms with Crippen molar-refractivity contribution in [2.24, 2.45) is 15.9 Å². The number of methoxy groups -OCH3 is 1. The number of pyridine rings is 1.